The molecular formula is C17H16FN3O3S. The lowest BCUT2D eigenvalue weighted by Crippen LogP contribution is -2.40. The highest BCUT2D eigenvalue weighted by atomic mass is 32.2. The third-order valence-electron chi connectivity index (χ3n) is 3.38. The second-order valence-electron chi connectivity index (χ2n) is 5.30. The minimum atomic E-state index is -3.74. The predicted molar refractivity (Wildman–Crippen MR) is 91.6 cm³/mol. The normalized spacial score (nSPS) is 10.8. The van der Waals surface area contributed by atoms with Crippen LogP contribution in [0.1, 0.15) is 11.1 Å². The van der Waals surface area contributed by atoms with Gasteiger partial charge in [0.15, 0.2) is 0 Å². The number of anilines is 1. The maximum absolute atomic E-state index is 13.6. The molecule has 2 aromatic carbocycles. The molecule has 130 valence electrons. The van der Waals surface area contributed by atoms with Gasteiger partial charge in [-0.05, 0) is 24.3 Å². The van der Waals surface area contributed by atoms with Gasteiger partial charge in [0.05, 0.1) is 23.6 Å². The average Bonchev–Trinajstić information content (AvgIpc) is 2.58. The molecule has 0 heterocycles. The predicted octanol–water partition coefficient (Wildman–Crippen LogP) is 1.78. The minimum absolute atomic E-state index is 0.0542. The van der Waals surface area contributed by atoms with Crippen LogP contribution in [-0.4, -0.2) is 27.1 Å². The molecule has 0 radical (unpaired) electrons. The number of sulfonamides is 1. The van der Waals surface area contributed by atoms with E-state index in [2.05, 4.69) is 5.32 Å². The van der Waals surface area contributed by atoms with Gasteiger partial charge in [-0.25, -0.2) is 12.8 Å². The molecule has 0 unspecified atom stereocenters. The lowest BCUT2D eigenvalue weighted by atomic mass is 10.2. The molecule has 2 rings (SSSR count). The van der Waals surface area contributed by atoms with Crippen molar-refractivity contribution in [3.63, 3.8) is 0 Å². The summed E-state index contributed by atoms with van der Waals surface area (Å²) < 4.78 is 38.4. The highest BCUT2D eigenvalue weighted by molar-refractivity contribution is 7.92. The number of nitriles is 1. The van der Waals surface area contributed by atoms with Gasteiger partial charge in [-0.15, -0.1) is 0 Å². The van der Waals surface area contributed by atoms with Crippen molar-refractivity contribution in [3.05, 3.63) is 65.5 Å². The van der Waals surface area contributed by atoms with Crippen LogP contribution in [0, 0.1) is 17.1 Å². The molecule has 0 spiro atoms. The molecule has 0 saturated carbocycles. The summed E-state index contributed by atoms with van der Waals surface area (Å²) in [5.41, 5.74) is 0.786. The van der Waals surface area contributed by atoms with Gasteiger partial charge < -0.3 is 5.32 Å². The van der Waals surface area contributed by atoms with E-state index in [9.17, 15) is 17.6 Å². The minimum Gasteiger partial charge on any atom is -0.350 e. The van der Waals surface area contributed by atoms with Crippen molar-refractivity contribution in [2.45, 2.75) is 6.54 Å². The molecule has 1 amide bonds. The maximum atomic E-state index is 13.6. The van der Waals surface area contributed by atoms with Crippen LogP contribution in [-0.2, 0) is 21.4 Å². The van der Waals surface area contributed by atoms with Crippen molar-refractivity contribution in [1.29, 1.82) is 5.26 Å². The van der Waals surface area contributed by atoms with E-state index in [1.165, 1.54) is 42.5 Å². The number of rotatable bonds is 6. The van der Waals surface area contributed by atoms with Crippen molar-refractivity contribution in [2.24, 2.45) is 0 Å². The van der Waals surface area contributed by atoms with E-state index in [0.29, 0.717) is 5.56 Å². The SMILES string of the molecule is CS(=O)(=O)N(CC(=O)NCc1ccccc1F)c1cccc(C#N)c1. The molecule has 8 heteroatoms. The Hall–Kier alpha value is -2.92. The molecule has 0 aliphatic heterocycles. The van der Waals surface area contributed by atoms with Crippen LogP contribution >= 0.6 is 0 Å². The lowest BCUT2D eigenvalue weighted by molar-refractivity contribution is -0.119. The molecule has 25 heavy (non-hydrogen) atoms. The fourth-order valence-electron chi connectivity index (χ4n) is 2.15. The molecule has 0 bridgehead atoms. The van der Waals surface area contributed by atoms with Crippen LogP contribution in [0.4, 0.5) is 10.1 Å². The maximum Gasteiger partial charge on any atom is 0.241 e. The molecule has 0 aliphatic carbocycles. The van der Waals surface area contributed by atoms with Gasteiger partial charge in [0, 0.05) is 12.1 Å². The summed E-state index contributed by atoms with van der Waals surface area (Å²) in [5.74, 6) is -1.04. The van der Waals surface area contributed by atoms with Crippen LogP contribution in [0.15, 0.2) is 48.5 Å². The van der Waals surface area contributed by atoms with E-state index in [4.69, 9.17) is 5.26 Å². The number of halogens is 1. The van der Waals surface area contributed by atoms with Crippen LogP contribution in [0.3, 0.4) is 0 Å². The Labute approximate surface area is 145 Å². The molecule has 0 aromatic heterocycles. The Morgan fingerprint density at radius 1 is 1.24 bits per heavy atom. The second kappa shape index (κ2) is 7.77. The van der Waals surface area contributed by atoms with E-state index in [0.717, 1.165) is 10.6 Å². The molecule has 0 aliphatic rings. The van der Waals surface area contributed by atoms with Gasteiger partial charge in [0.1, 0.15) is 12.4 Å². The highest BCUT2D eigenvalue weighted by Crippen LogP contribution is 2.18. The van der Waals surface area contributed by atoms with Crippen molar-refractivity contribution in [3.8, 4) is 6.07 Å². The lowest BCUT2D eigenvalue weighted by Gasteiger charge is -2.22. The van der Waals surface area contributed by atoms with Gasteiger partial charge in [-0.2, -0.15) is 5.26 Å². The summed E-state index contributed by atoms with van der Waals surface area (Å²) >= 11 is 0. The zero-order chi connectivity index (χ0) is 18.4. The number of hydrogen-bond donors (Lipinski definition) is 1. The zero-order valence-corrected chi connectivity index (χ0v) is 14.3. The number of benzene rings is 2. The topological polar surface area (TPSA) is 90.3 Å². The van der Waals surface area contributed by atoms with E-state index >= 15 is 0 Å². The average molecular weight is 361 g/mol. The zero-order valence-electron chi connectivity index (χ0n) is 13.4. The number of nitrogens with zero attached hydrogens (tertiary/aromatic N) is 2. The molecule has 6 nitrogen and oxygen atoms in total. The van der Waals surface area contributed by atoms with Gasteiger partial charge in [0.2, 0.25) is 15.9 Å². The quantitative estimate of drug-likeness (QED) is 0.849. The van der Waals surface area contributed by atoms with Crippen LogP contribution in [0.5, 0.6) is 0 Å². The number of carbonyl (C=O) groups excluding carboxylic acids is 1. The number of carbonyl (C=O) groups is 1. The molecule has 1 N–H and O–H groups in total. The first-order chi connectivity index (χ1) is 11.8. The fraction of sp³-hybridized carbons (Fsp3) is 0.176. The molecule has 0 saturated heterocycles. The summed E-state index contributed by atoms with van der Waals surface area (Å²) in [7, 11) is -3.74. The summed E-state index contributed by atoms with van der Waals surface area (Å²) in [4.78, 5) is 12.1. The number of amides is 1. The van der Waals surface area contributed by atoms with Crippen LogP contribution < -0.4 is 9.62 Å². The number of nitrogens with one attached hydrogen (secondary N) is 1. The third kappa shape index (κ3) is 5.02. The van der Waals surface area contributed by atoms with Gasteiger partial charge >= 0.3 is 0 Å². The second-order valence-corrected chi connectivity index (χ2v) is 7.21. The van der Waals surface area contributed by atoms with E-state index in [1.807, 2.05) is 6.07 Å². The smallest absolute Gasteiger partial charge is 0.241 e. The molecule has 0 atom stereocenters. The van der Waals surface area contributed by atoms with E-state index in [-0.39, 0.29) is 17.8 Å². The molecular weight excluding hydrogens is 345 g/mol. The fourth-order valence-corrected chi connectivity index (χ4v) is 3.00. The number of hydrogen-bond acceptors (Lipinski definition) is 4. The van der Waals surface area contributed by atoms with Crippen molar-refractivity contribution >= 4 is 21.6 Å². The molecule has 2 aromatic rings. The van der Waals surface area contributed by atoms with Crippen molar-refractivity contribution in [1.82, 2.24) is 5.32 Å². The summed E-state index contributed by atoms with van der Waals surface area (Å²) in [6.45, 7) is -0.524. The van der Waals surface area contributed by atoms with Crippen molar-refractivity contribution in [2.75, 3.05) is 17.1 Å². The summed E-state index contributed by atoms with van der Waals surface area (Å²) in [5, 5.41) is 11.4. The Morgan fingerprint density at radius 2 is 1.96 bits per heavy atom. The van der Waals surface area contributed by atoms with Crippen LogP contribution in [0.2, 0.25) is 0 Å². The van der Waals surface area contributed by atoms with Gasteiger partial charge in [-0.3, -0.25) is 9.10 Å². The Morgan fingerprint density at radius 3 is 2.60 bits per heavy atom. The van der Waals surface area contributed by atoms with Crippen molar-refractivity contribution < 1.29 is 17.6 Å². The third-order valence-corrected chi connectivity index (χ3v) is 4.53. The standard InChI is InChI=1S/C17H16FN3O3S/c1-25(23,24)21(15-7-4-5-13(9-15)10-19)12-17(22)20-11-14-6-2-3-8-16(14)18/h2-9H,11-12H2,1H3,(H,20,22). The monoisotopic (exact) mass is 361 g/mol. The summed E-state index contributed by atoms with van der Waals surface area (Å²) in [6.07, 6.45) is 0.968. The van der Waals surface area contributed by atoms with Gasteiger partial charge in [-0.1, -0.05) is 24.3 Å². The van der Waals surface area contributed by atoms with E-state index < -0.39 is 28.3 Å². The largest absolute Gasteiger partial charge is 0.350 e. The first-order valence-corrected chi connectivity index (χ1v) is 9.14. The van der Waals surface area contributed by atoms with Gasteiger partial charge in [0.25, 0.3) is 0 Å². The highest BCUT2D eigenvalue weighted by Gasteiger charge is 2.21. The Bertz CT molecular complexity index is 923. The summed E-state index contributed by atoms with van der Waals surface area (Å²) in [6, 6.07) is 13.8. The molecule has 0 fully saturated rings. The van der Waals surface area contributed by atoms with E-state index in [1.54, 1.807) is 6.07 Å². The first-order valence-electron chi connectivity index (χ1n) is 7.29. The van der Waals surface area contributed by atoms with Crippen LogP contribution in [0.25, 0.3) is 0 Å². The first kappa shape index (κ1) is 18.4. The Kier molecular flexibility index (Phi) is 5.72. The Balaban J connectivity index is 2.13.